The van der Waals surface area contributed by atoms with Crippen LogP contribution in [0, 0.1) is 5.92 Å². The van der Waals surface area contributed by atoms with Gasteiger partial charge in [-0.05, 0) is 37.8 Å². The molecule has 1 saturated carbocycles. The first-order valence-electron chi connectivity index (χ1n) is 6.96. The fourth-order valence-electron chi connectivity index (χ4n) is 2.58. The second-order valence-electron chi connectivity index (χ2n) is 5.39. The van der Waals surface area contributed by atoms with Crippen molar-refractivity contribution in [3.8, 4) is 0 Å². The first-order chi connectivity index (χ1) is 9.49. The van der Waals surface area contributed by atoms with Crippen molar-refractivity contribution in [3.05, 3.63) is 42.5 Å². The summed E-state index contributed by atoms with van der Waals surface area (Å²) < 4.78 is 24.3. The average Bonchev–Trinajstić information content (AvgIpc) is 2.83. The Labute approximate surface area is 120 Å². The number of carbonyl (C=O) groups excluding carboxylic acids is 1. The van der Waals surface area contributed by atoms with Gasteiger partial charge in [-0.25, -0.2) is 8.42 Å². The molecule has 1 unspecified atom stereocenters. The maximum absolute atomic E-state index is 12.1. The number of ketones is 1. The van der Waals surface area contributed by atoms with Crippen LogP contribution in [0.4, 0.5) is 0 Å². The van der Waals surface area contributed by atoms with Gasteiger partial charge in [0.2, 0.25) is 0 Å². The van der Waals surface area contributed by atoms with Crippen molar-refractivity contribution in [2.45, 2.75) is 37.0 Å². The molecule has 0 spiro atoms. The van der Waals surface area contributed by atoms with Crippen LogP contribution in [0.2, 0.25) is 0 Å². The number of carbonyl (C=O) groups is 1. The van der Waals surface area contributed by atoms with E-state index in [-0.39, 0.29) is 11.7 Å². The zero-order chi connectivity index (χ0) is 14.6. The third kappa shape index (κ3) is 3.79. The van der Waals surface area contributed by atoms with Gasteiger partial charge < -0.3 is 0 Å². The SMILES string of the molecule is C=C(CCS(=O)(=O)c1ccccc1)CC1CCCC1=O. The third-order valence-corrected chi connectivity index (χ3v) is 5.52. The quantitative estimate of drug-likeness (QED) is 0.757. The van der Waals surface area contributed by atoms with Crippen LogP contribution < -0.4 is 0 Å². The fraction of sp³-hybridized carbons (Fsp3) is 0.438. The largest absolute Gasteiger partial charge is 0.299 e. The minimum absolute atomic E-state index is 0.0662. The molecule has 0 bridgehead atoms. The molecular formula is C16H20O3S. The Morgan fingerprint density at radius 3 is 2.55 bits per heavy atom. The summed E-state index contributed by atoms with van der Waals surface area (Å²) in [6, 6.07) is 8.46. The molecule has 4 heteroatoms. The maximum Gasteiger partial charge on any atom is 0.178 e. The van der Waals surface area contributed by atoms with E-state index in [1.807, 2.05) is 0 Å². The van der Waals surface area contributed by atoms with Crippen LogP contribution in [-0.4, -0.2) is 20.0 Å². The Hall–Kier alpha value is -1.42. The molecule has 1 aliphatic carbocycles. The molecule has 0 aliphatic heterocycles. The summed E-state index contributed by atoms with van der Waals surface area (Å²) in [5.74, 6) is 0.440. The number of hydrogen-bond donors (Lipinski definition) is 0. The molecule has 0 saturated heterocycles. The maximum atomic E-state index is 12.1. The number of sulfone groups is 1. The van der Waals surface area contributed by atoms with Crippen molar-refractivity contribution in [1.29, 1.82) is 0 Å². The molecular weight excluding hydrogens is 272 g/mol. The first kappa shape index (κ1) is 15.0. The molecule has 3 nitrogen and oxygen atoms in total. The van der Waals surface area contributed by atoms with Crippen molar-refractivity contribution in [2.24, 2.45) is 5.92 Å². The molecule has 0 heterocycles. The van der Waals surface area contributed by atoms with E-state index in [0.717, 1.165) is 18.4 Å². The summed E-state index contributed by atoms with van der Waals surface area (Å²) in [6.07, 6.45) is 3.62. The highest BCUT2D eigenvalue weighted by molar-refractivity contribution is 7.91. The van der Waals surface area contributed by atoms with Crippen molar-refractivity contribution < 1.29 is 13.2 Å². The molecule has 1 aromatic carbocycles. The molecule has 1 atom stereocenters. The summed E-state index contributed by atoms with van der Waals surface area (Å²) in [7, 11) is -3.25. The van der Waals surface area contributed by atoms with E-state index in [1.165, 1.54) is 0 Å². The second-order valence-corrected chi connectivity index (χ2v) is 7.50. The predicted molar refractivity (Wildman–Crippen MR) is 79.2 cm³/mol. The van der Waals surface area contributed by atoms with Gasteiger partial charge in [0.25, 0.3) is 0 Å². The second kappa shape index (κ2) is 6.35. The molecule has 2 rings (SSSR count). The van der Waals surface area contributed by atoms with Crippen LogP contribution in [0.3, 0.4) is 0 Å². The van der Waals surface area contributed by atoms with Gasteiger partial charge in [0.05, 0.1) is 10.6 Å². The van der Waals surface area contributed by atoms with Crippen molar-refractivity contribution >= 4 is 15.6 Å². The Bertz CT molecular complexity index is 587. The van der Waals surface area contributed by atoms with E-state index in [0.29, 0.717) is 29.9 Å². The standard InChI is InChI=1S/C16H20O3S/c1-13(12-14-6-5-9-16(14)17)10-11-20(18,19)15-7-3-2-4-8-15/h2-4,7-8,14H,1,5-6,9-12H2. The van der Waals surface area contributed by atoms with E-state index in [2.05, 4.69) is 6.58 Å². The van der Waals surface area contributed by atoms with Crippen molar-refractivity contribution in [2.75, 3.05) is 5.75 Å². The monoisotopic (exact) mass is 292 g/mol. The van der Waals surface area contributed by atoms with Crippen LogP contribution in [0.15, 0.2) is 47.4 Å². The smallest absolute Gasteiger partial charge is 0.178 e. The number of hydrogen-bond acceptors (Lipinski definition) is 3. The molecule has 0 N–H and O–H groups in total. The van der Waals surface area contributed by atoms with Gasteiger partial charge in [0.1, 0.15) is 5.78 Å². The summed E-state index contributed by atoms with van der Waals surface area (Å²) in [5, 5.41) is 0. The van der Waals surface area contributed by atoms with Gasteiger partial charge in [-0.2, -0.15) is 0 Å². The zero-order valence-corrected chi connectivity index (χ0v) is 12.4. The highest BCUT2D eigenvalue weighted by Gasteiger charge is 2.25. The van der Waals surface area contributed by atoms with Crippen molar-refractivity contribution in [1.82, 2.24) is 0 Å². The van der Waals surface area contributed by atoms with Gasteiger partial charge in [-0.1, -0.05) is 30.4 Å². The topological polar surface area (TPSA) is 51.2 Å². The predicted octanol–water partition coefficient (Wildman–Crippen LogP) is 3.17. The number of Topliss-reactive ketones (excluding diaryl/α,β-unsaturated/α-hetero) is 1. The molecule has 1 aromatic rings. The average molecular weight is 292 g/mol. The van der Waals surface area contributed by atoms with E-state index in [1.54, 1.807) is 30.3 Å². The molecule has 108 valence electrons. The Morgan fingerprint density at radius 1 is 1.25 bits per heavy atom. The normalized spacial score (nSPS) is 19.2. The van der Waals surface area contributed by atoms with Gasteiger partial charge in [0, 0.05) is 12.3 Å². The summed E-state index contributed by atoms with van der Waals surface area (Å²) in [6.45, 7) is 3.93. The Balaban J connectivity index is 1.88. The van der Waals surface area contributed by atoms with Crippen LogP contribution >= 0.6 is 0 Å². The van der Waals surface area contributed by atoms with E-state index >= 15 is 0 Å². The summed E-state index contributed by atoms with van der Waals surface area (Å²) >= 11 is 0. The van der Waals surface area contributed by atoms with Crippen LogP contribution in [0.25, 0.3) is 0 Å². The molecule has 0 radical (unpaired) electrons. The summed E-state index contributed by atoms with van der Waals surface area (Å²) in [4.78, 5) is 11.9. The highest BCUT2D eigenvalue weighted by Crippen LogP contribution is 2.28. The Morgan fingerprint density at radius 2 is 1.95 bits per heavy atom. The summed E-state index contributed by atoms with van der Waals surface area (Å²) in [5.41, 5.74) is 0.866. The zero-order valence-electron chi connectivity index (χ0n) is 11.5. The minimum atomic E-state index is -3.25. The lowest BCUT2D eigenvalue weighted by molar-refractivity contribution is -0.120. The molecule has 1 fully saturated rings. The lowest BCUT2D eigenvalue weighted by atomic mass is 9.97. The van der Waals surface area contributed by atoms with E-state index in [4.69, 9.17) is 0 Å². The lowest BCUT2D eigenvalue weighted by Gasteiger charge is -2.11. The molecule has 0 aromatic heterocycles. The first-order valence-corrected chi connectivity index (χ1v) is 8.61. The van der Waals surface area contributed by atoms with E-state index in [9.17, 15) is 13.2 Å². The molecule has 20 heavy (non-hydrogen) atoms. The van der Waals surface area contributed by atoms with E-state index < -0.39 is 9.84 Å². The van der Waals surface area contributed by atoms with Gasteiger partial charge >= 0.3 is 0 Å². The third-order valence-electron chi connectivity index (χ3n) is 3.79. The molecule has 1 aliphatic rings. The number of allylic oxidation sites excluding steroid dienone is 1. The highest BCUT2D eigenvalue weighted by atomic mass is 32.2. The molecule has 0 amide bonds. The van der Waals surface area contributed by atoms with Crippen LogP contribution in [0.1, 0.15) is 32.1 Å². The Kier molecular flexibility index (Phi) is 4.76. The lowest BCUT2D eigenvalue weighted by Crippen LogP contribution is -2.11. The minimum Gasteiger partial charge on any atom is -0.299 e. The van der Waals surface area contributed by atoms with Crippen LogP contribution in [-0.2, 0) is 14.6 Å². The van der Waals surface area contributed by atoms with Crippen LogP contribution in [0.5, 0.6) is 0 Å². The number of benzene rings is 1. The van der Waals surface area contributed by atoms with Gasteiger partial charge in [-0.15, -0.1) is 0 Å². The number of rotatable bonds is 6. The van der Waals surface area contributed by atoms with Gasteiger partial charge in [-0.3, -0.25) is 4.79 Å². The van der Waals surface area contributed by atoms with Gasteiger partial charge in [0.15, 0.2) is 9.84 Å². The van der Waals surface area contributed by atoms with Crippen molar-refractivity contribution in [3.63, 3.8) is 0 Å². The fourth-order valence-corrected chi connectivity index (χ4v) is 3.94.